The number of hydrogen-bond acceptors (Lipinski definition) is 3. The molecule has 0 aromatic heterocycles. The molecule has 0 atom stereocenters. The number of halogens is 1. The lowest BCUT2D eigenvalue weighted by atomic mass is 10.0. The third-order valence-electron chi connectivity index (χ3n) is 3.80. The van der Waals surface area contributed by atoms with E-state index in [0.717, 1.165) is 0 Å². The molecule has 2 amide bonds. The Kier molecular flexibility index (Phi) is 4.25. The molecule has 1 aliphatic rings. The summed E-state index contributed by atoms with van der Waals surface area (Å²) in [6, 6.07) is 9.28. The minimum atomic E-state index is -4.45. The van der Waals surface area contributed by atoms with Crippen molar-refractivity contribution in [3.8, 4) is 11.1 Å². The number of rotatable bonds is 3. The third kappa shape index (κ3) is 3.10. The van der Waals surface area contributed by atoms with E-state index in [-0.39, 0.29) is 22.1 Å². The number of anilines is 1. The molecular weight excluding hydrogens is 335 g/mol. The number of carbonyl (C=O) groups is 1. The number of benzene rings is 2. The molecule has 0 unspecified atom stereocenters. The van der Waals surface area contributed by atoms with E-state index in [2.05, 4.69) is 5.32 Å². The van der Waals surface area contributed by atoms with Crippen LogP contribution < -0.4 is 10.2 Å². The molecule has 126 valence electrons. The number of amides is 2. The molecule has 1 fully saturated rings. The summed E-state index contributed by atoms with van der Waals surface area (Å²) in [5.74, 6) is -0.552. The molecule has 6 nitrogen and oxygen atoms in total. The van der Waals surface area contributed by atoms with Crippen LogP contribution in [0.1, 0.15) is 6.42 Å². The molecule has 2 aromatic carbocycles. The van der Waals surface area contributed by atoms with Gasteiger partial charge < -0.3 is 5.32 Å². The Labute approximate surface area is 138 Å². The standard InChI is InChI=1S/C16H15FN2O4S/c17-14-5-2-1-4-12(14)13-10-11(24(21,22)23)6-7-15(13)19-9-3-8-18-16(19)20/h1-2,4-7,10H,3,8-9H2,(H,18,20)(H,21,22,23). The van der Waals surface area contributed by atoms with Gasteiger partial charge >= 0.3 is 6.03 Å². The highest BCUT2D eigenvalue weighted by atomic mass is 32.2. The Bertz CT molecular complexity index is 899. The fourth-order valence-corrected chi connectivity index (χ4v) is 3.17. The van der Waals surface area contributed by atoms with Gasteiger partial charge in [0.1, 0.15) is 5.82 Å². The van der Waals surface area contributed by atoms with Crippen LogP contribution in [0.2, 0.25) is 0 Å². The molecule has 0 radical (unpaired) electrons. The maximum absolute atomic E-state index is 14.2. The van der Waals surface area contributed by atoms with Crippen molar-refractivity contribution in [2.75, 3.05) is 18.0 Å². The summed E-state index contributed by atoms with van der Waals surface area (Å²) in [5, 5.41) is 2.69. The van der Waals surface area contributed by atoms with Crippen LogP contribution in [0.3, 0.4) is 0 Å². The Morgan fingerprint density at radius 3 is 2.54 bits per heavy atom. The van der Waals surface area contributed by atoms with Gasteiger partial charge in [0.2, 0.25) is 0 Å². The second kappa shape index (κ2) is 6.21. The molecule has 24 heavy (non-hydrogen) atoms. The van der Waals surface area contributed by atoms with E-state index in [9.17, 15) is 22.2 Å². The summed E-state index contributed by atoms with van der Waals surface area (Å²) in [7, 11) is -4.45. The van der Waals surface area contributed by atoms with Crippen LogP contribution in [-0.4, -0.2) is 32.1 Å². The average Bonchev–Trinajstić information content (AvgIpc) is 2.55. The normalized spacial score (nSPS) is 15.2. The van der Waals surface area contributed by atoms with Crippen molar-refractivity contribution >= 4 is 21.8 Å². The van der Waals surface area contributed by atoms with E-state index in [1.165, 1.54) is 41.3 Å². The van der Waals surface area contributed by atoms with Gasteiger partial charge in [-0.3, -0.25) is 9.45 Å². The molecule has 2 N–H and O–H groups in total. The first-order chi connectivity index (χ1) is 11.4. The first kappa shape index (κ1) is 16.4. The number of nitrogens with one attached hydrogen (secondary N) is 1. The van der Waals surface area contributed by atoms with Crippen LogP contribution in [0, 0.1) is 5.82 Å². The van der Waals surface area contributed by atoms with Crippen molar-refractivity contribution in [3.05, 3.63) is 48.3 Å². The third-order valence-corrected chi connectivity index (χ3v) is 4.65. The summed E-state index contributed by atoms with van der Waals surface area (Å²) in [4.78, 5) is 13.2. The molecule has 0 bridgehead atoms. The fraction of sp³-hybridized carbons (Fsp3) is 0.188. The monoisotopic (exact) mass is 350 g/mol. The molecule has 0 aliphatic carbocycles. The van der Waals surface area contributed by atoms with E-state index in [0.29, 0.717) is 25.2 Å². The first-order valence-corrected chi connectivity index (χ1v) is 8.74. The lowest BCUT2D eigenvalue weighted by Crippen LogP contribution is -2.46. The van der Waals surface area contributed by atoms with Crippen molar-refractivity contribution in [2.24, 2.45) is 0 Å². The van der Waals surface area contributed by atoms with Crippen LogP contribution >= 0.6 is 0 Å². The zero-order valence-electron chi connectivity index (χ0n) is 12.6. The summed E-state index contributed by atoms with van der Waals surface area (Å²) >= 11 is 0. The van der Waals surface area contributed by atoms with E-state index < -0.39 is 15.9 Å². The van der Waals surface area contributed by atoms with Gasteiger partial charge in [0, 0.05) is 24.2 Å². The highest BCUT2D eigenvalue weighted by Gasteiger charge is 2.24. The van der Waals surface area contributed by atoms with Crippen LogP contribution in [0.15, 0.2) is 47.4 Å². The van der Waals surface area contributed by atoms with Crippen LogP contribution in [0.25, 0.3) is 11.1 Å². The van der Waals surface area contributed by atoms with Gasteiger partial charge in [-0.05, 0) is 30.7 Å². The van der Waals surface area contributed by atoms with Gasteiger partial charge in [-0.25, -0.2) is 9.18 Å². The van der Waals surface area contributed by atoms with E-state index in [1.807, 2.05) is 0 Å². The van der Waals surface area contributed by atoms with E-state index >= 15 is 0 Å². The molecule has 0 spiro atoms. The summed E-state index contributed by atoms with van der Waals surface area (Å²) in [6.07, 6.45) is 0.711. The summed E-state index contributed by atoms with van der Waals surface area (Å²) in [5.41, 5.74) is 0.751. The Morgan fingerprint density at radius 2 is 1.88 bits per heavy atom. The van der Waals surface area contributed by atoms with Crippen molar-refractivity contribution in [2.45, 2.75) is 11.3 Å². The fourth-order valence-electron chi connectivity index (χ4n) is 2.67. The van der Waals surface area contributed by atoms with E-state index in [4.69, 9.17) is 0 Å². The minimum Gasteiger partial charge on any atom is -0.338 e. The van der Waals surface area contributed by atoms with Crippen LogP contribution in [0.5, 0.6) is 0 Å². The van der Waals surface area contributed by atoms with Crippen LogP contribution in [0.4, 0.5) is 14.9 Å². The van der Waals surface area contributed by atoms with Crippen molar-refractivity contribution in [1.29, 1.82) is 0 Å². The number of urea groups is 1. The SMILES string of the molecule is O=C1NCCCN1c1ccc(S(=O)(=O)O)cc1-c1ccccc1F. The maximum atomic E-state index is 14.2. The lowest BCUT2D eigenvalue weighted by Gasteiger charge is -2.29. The molecule has 8 heteroatoms. The second-order valence-corrected chi connectivity index (χ2v) is 6.79. The number of nitrogens with zero attached hydrogens (tertiary/aromatic N) is 1. The van der Waals surface area contributed by atoms with Gasteiger partial charge in [-0.15, -0.1) is 0 Å². The van der Waals surface area contributed by atoms with Gasteiger partial charge in [0.15, 0.2) is 0 Å². The Hall–Kier alpha value is -2.45. The van der Waals surface area contributed by atoms with Gasteiger partial charge in [0.25, 0.3) is 10.1 Å². The quantitative estimate of drug-likeness (QED) is 0.833. The van der Waals surface area contributed by atoms with Crippen molar-refractivity contribution < 1.29 is 22.2 Å². The predicted molar refractivity (Wildman–Crippen MR) is 87.0 cm³/mol. The highest BCUT2D eigenvalue weighted by molar-refractivity contribution is 7.85. The molecule has 1 heterocycles. The first-order valence-electron chi connectivity index (χ1n) is 7.30. The smallest absolute Gasteiger partial charge is 0.321 e. The predicted octanol–water partition coefficient (Wildman–Crippen LogP) is 2.66. The second-order valence-electron chi connectivity index (χ2n) is 5.37. The van der Waals surface area contributed by atoms with Gasteiger partial charge in [-0.2, -0.15) is 8.42 Å². The lowest BCUT2D eigenvalue weighted by molar-refractivity contribution is 0.243. The summed E-state index contributed by atoms with van der Waals surface area (Å²) in [6.45, 7) is 0.978. The topological polar surface area (TPSA) is 86.7 Å². The molecular formula is C16H15FN2O4S. The Balaban J connectivity index is 2.22. The number of hydrogen-bond donors (Lipinski definition) is 2. The molecule has 1 saturated heterocycles. The van der Waals surface area contributed by atoms with Gasteiger partial charge in [-0.1, -0.05) is 18.2 Å². The van der Waals surface area contributed by atoms with Crippen molar-refractivity contribution in [3.63, 3.8) is 0 Å². The average molecular weight is 350 g/mol. The van der Waals surface area contributed by atoms with E-state index in [1.54, 1.807) is 6.07 Å². The molecule has 1 aliphatic heterocycles. The molecule has 3 rings (SSSR count). The van der Waals surface area contributed by atoms with Crippen LogP contribution in [-0.2, 0) is 10.1 Å². The molecule has 2 aromatic rings. The highest BCUT2D eigenvalue weighted by Crippen LogP contribution is 2.35. The Morgan fingerprint density at radius 1 is 1.12 bits per heavy atom. The zero-order chi connectivity index (χ0) is 17.3. The zero-order valence-corrected chi connectivity index (χ0v) is 13.4. The largest absolute Gasteiger partial charge is 0.338 e. The van der Waals surface area contributed by atoms with Crippen molar-refractivity contribution in [1.82, 2.24) is 5.32 Å². The molecule has 0 saturated carbocycles. The summed E-state index contributed by atoms with van der Waals surface area (Å²) < 4.78 is 46.3. The number of carbonyl (C=O) groups excluding carboxylic acids is 1. The maximum Gasteiger partial charge on any atom is 0.321 e. The van der Waals surface area contributed by atoms with Gasteiger partial charge in [0.05, 0.1) is 10.6 Å². The minimum absolute atomic E-state index is 0.149.